The summed E-state index contributed by atoms with van der Waals surface area (Å²) in [6.07, 6.45) is 0.782. The number of hydrogen-bond acceptors (Lipinski definition) is 3. The average Bonchev–Trinajstić information content (AvgIpc) is 2.67. The Kier molecular flexibility index (Phi) is 6.27. The lowest BCUT2D eigenvalue weighted by Crippen LogP contribution is -2.17. The normalized spacial score (nSPS) is 11.2. The van der Waals surface area contributed by atoms with Crippen LogP contribution in [-0.2, 0) is 16.4 Å². The lowest BCUT2D eigenvalue weighted by molar-refractivity contribution is 0.102. The molecule has 2 N–H and O–H groups in total. The minimum atomic E-state index is -3.85. The van der Waals surface area contributed by atoms with Gasteiger partial charge in [-0.2, -0.15) is 0 Å². The van der Waals surface area contributed by atoms with Crippen LogP contribution in [0.1, 0.15) is 39.5 Å². The van der Waals surface area contributed by atoms with Crippen LogP contribution in [0, 0.1) is 20.8 Å². The molecule has 0 atom stereocenters. The smallest absolute Gasteiger partial charge is 0.262 e. The van der Waals surface area contributed by atoms with E-state index in [1.54, 1.807) is 31.2 Å². The van der Waals surface area contributed by atoms with E-state index >= 15 is 0 Å². The Morgan fingerprint density at radius 1 is 0.900 bits per heavy atom. The number of rotatable bonds is 6. The van der Waals surface area contributed by atoms with Gasteiger partial charge in [0.05, 0.1) is 4.90 Å². The molecule has 1 amide bonds. The van der Waals surface area contributed by atoms with Crippen molar-refractivity contribution in [2.45, 2.75) is 39.0 Å². The van der Waals surface area contributed by atoms with E-state index < -0.39 is 10.0 Å². The molecule has 3 aromatic rings. The van der Waals surface area contributed by atoms with E-state index in [0.29, 0.717) is 11.3 Å². The summed E-state index contributed by atoms with van der Waals surface area (Å²) in [6.45, 7) is 7.55. The quantitative estimate of drug-likeness (QED) is 0.571. The number of aryl methyl sites for hydroxylation is 4. The average molecular weight is 423 g/mol. The fraction of sp³-hybridized carbons (Fsp3) is 0.208. The number of amides is 1. The standard InChI is InChI=1S/C24H26N2O3S/c1-5-19-8-6-7-9-22(19)25-24(27)20-11-10-18(4)23(15-20)30(28,29)26-21-13-16(2)12-17(3)14-21/h6-15,26H,5H2,1-4H3,(H,25,27). The Morgan fingerprint density at radius 3 is 2.23 bits per heavy atom. The summed E-state index contributed by atoms with van der Waals surface area (Å²) in [5, 5.41) is 2.89. The van der Waals surface area contributed by atoms with Crippen LogP contribution < -0.4 is 10.0 Å². The van der Waals surface area contributed by atoms with Crippen LogP contribution in [0.3, 0.4) is 0 Å². The summed E-state index contributed by atoms with van der Waals surface area (Å²) in [5.74, 6) is -0.348. The van der Waals surface area contributed by atoms with Crippen molar-refractivity contribution < 1.29 is 13.2 Å². The van der Waals surface area contributed by atoms with Gasteiger partial charge in [0, 0.05) is 16.9 Å². The van der Waals surface area contributed by atoms with Crippen molar-refractivity contribution in [3.8, 4) is 0 Å². The zero-order valence-electron chi connectivity index (χ0n) is 17.6. The highest BCUT2D eigenvalue weighted by molar-refractivity contribution is 7.92. The van der Waals surface area contributed by atoms with Crippen molar-refractivity contribution in [2.75, 3.05) is 10.0 Å². The highest BCUT2D eigenvalue weighted by Gasteiger charge is 2.20. The second kappa shape index (κ2) is 8.71. The number of para-hydroxylation sites is 1. The second-order valence-electron chi connectivity index (χ2n) is 7.43. The largest absolute Gasteiger partial charge is 0.322 e. The molecule has 0 spiro atoms. The second-order valence-corrected chi connectivity index (χ2v) is 9.08. The van der Waals surface area contributed by atoms with E-state index in [-0.39, 0.29) is 16.4 Å². The number of anilines is 2. The molecule has 0 aliphatic heterocycles. The predicted octanol–water partition coefficient (Wildman–Crippen LogP) is 5.23. The lowest BCUT2D eigenvalue weighted by Gasteiger charge is -2.14. The molecule has 0 unspecified atom stereocenters. The van der Waals surface area contributed by atoms with Crippen LogP contribution in [0.25, 0.3) is 0 Å². The molecule has 0 fully saturated rings. The fourth-order valence-corrected chi connectivity index (χ4v) is 4.73. The zero-order chi connectivity index (χ0) is 21.9. The molecular weight excluding hydrogens is 396 g/mol. The first-order chi connectivity index (χ1) is 14.2. The minimum Gasteiger partial charge on any atom is -0.322 e. The van der Waals surface area contributed by atoms with Gasteiger partial charge in [-0.25, -0.2) is 8.42 Å². The van der Waals surface area contributed by atoms with Gasteiger partial charge < -0.3 is 5.32 Å². The highest BCUT2D eigenvalue weighted by atomic mass is 32.2. The van der Waals surface area contributed by atoms with Gasteiger partial charge in [-0.3, -0.25) is 9.52 Å². The fourth-order valence-electron chi connectivity index (χ4n) is 3.42. The molecular formula is C24H26N2O3S. The molecule has 30 heavy (non-hydrogen) atoms. The Hall–Kier alpha value is -3.12. The van der Waals surface area contributed by atoms with Crippen LogP contribution in [-0.4, -0.2) is 14.3 Å². The SMILES string of the molecule is CCc1ccccc1NC(=O)c1ccc(C)c(S(=O)(=O)Nc2cc(C)cc(C)c2)c1. The number of hydrogen-bond donors (Lipinski definition) is 2. The van der Waals surface area contributed by atoms with Gasteiger partial charge in [-0.1, -0.05) is 37.3 Å². The summed E-state index contributed by atoms with van der Waals surface area (Å²) in [7, 11) is -3.85. The molecule has 0 saturated heterocycles. The third-order valence-electron chi connectivity index (χ3n) is 4.86. The molecule has 0 aromatic heterocycles. The monoisotopic (exact) mass is 422 g/mol. The van der Waals surface area contributed by atoms with E-state index in [4.69, 9.17) is 0 Å². The third-order valence-corrected chi connectivity index (χ3v) is 6.38. The van der Waals surface area contributed by atoms with Gasteiger partial charge in [0.25, 0.3) is 15.9 Å². The van der Waals surface area contributed by atoms with Crippen molar-refractivity contribution in [2.24, 2.45) is 0 Å². The van der Waals surface area contributed by atoms with E-state index in [9.17, 15) is 13.2 Å². The Balaban J connectivity index is 1.91. The van der Waals surface area contributed by atoms with E-state index in [1.807, 2.05) is 51.1 Å². The van der Waals surface area contributed by atoms with Crippen LogP contribution in [0.4, 0.5) is 11.4 Å². The summed E-state index contributed by atoms with van der Waals surface area (Å²) in [4.78, 5) is 12.9. The van der Waals surface area contributed by atoms with Crippen LogP contribution in [0.15, 0.2) is 65.6 Å². The maximum atomic E-state index is 13.0. The molecule has 0 radical (unpaired) electrons. The molecule has 0 bridgehead atoms. The summed E-state index contributed by atoms with van der Waals surface area (Å²) in [5.41, 5.74) is 5.02. The van der Waals surface area contributed by atoms with Gasteiger partial charge in [-0.15, -0.1) is 0 Å². The van der Waals surface area contributed by atoms with Gasteiger partial charge in [0.15, 0.2) is 0 Å². The Labute approximate surface area is 178 Å². The van der Waals surface area contributed by atoms with Crippen molar-refractivity contribution in [3.05, 3.63) is 88.5 Å². The zero-order valence-corrected chi connectivity index (χ0v) is 18.4. The molecule has 6 heteroatoms. The van der Waals surface area contributed by atoms with Crippen LogP contribution in [0.5, 0.6) is 0 Å². The number of nitrogens with one attached hydrogen (secondary N) is 2. The van der Waals surface area contributed by atoms with Gasteiger partial charge in [0.1, 0.15) is 0 Å². The maximum absolute atomic E-state index is 13.0. The van der Waals surface area contributed by atoms with E-state index in [2.05, 4.69) is 10.0 Å². The Morgan fingerprint density at radius 2 is 1.57 bits per heavy atom. The molecule has 5 nitrogen and oxygen atoms in total. The first kappa shape index (κ1) is 21.6. The highest BCUT2D eigenvalue weighted by Crippen LogP contribution is 2.23. The molecule has 0 aliphatic rings. The summed E-state index contributed by atoms with van der Waals surface area (Å²) < 4.78 is 28.7. The molecule has 0 heterocycles. The summed E-state index contributed by atoms with van der Waals surface area (Å²) >= 11 is 0. The maximum Gasteiger partial charge on any atom is 0.262 e. The molecule has 3 rings (SSSR count). The first-order valence-electron chi connectivity index (χ1n) is 9.80. The molecule has 156 valence electrons. The molecule has 0 aliphatic carbocycles. The third kappa shape index (κ3) is 4.89. The van der Waals surface area contributed by atoms with Crippen molar-refractivity contribution >= 4 is 27.3 Å². The number of sulfonamides is 1. The van der Waals surface area contributed by atoms with Gasteiger partial charge in [0.2, 0.25) is 0 Å². The lowest BCUT2D eigenvalue weighted by atomic mass is 10.1. The summed E-state index contributed by atoms with van der Waals surface area (Å²) in [6, 6.07) is 17.8. The van der Waals surface area contributed by atoms with E-state index in [0.717, 1.165) is 28.8 Å². The van der Waals surface area contributed by atoms with Crippen molar-refractivity contribution in [1.29, 1.82) is 0 Å². The van der Waals surface area contributed by atoms with E-state index in [1.165, 1.54) is 6.07 Å². The first-order valence-corrected chi connectivity index (χ1v) is 11.3. The number of carbonyl (C=O) groups excluding carboxylic acids is 1. The van der Waals surface area contributed by atoms with Gasteiger partial charge >= 0.3 is 0 Å². The minimum absolute atomic E-state index is 0.0816. The van der Waals surface area contributed by atoms with Gasteiger partial charge in [-0.05, 0) is 79.8 Å². The number of carbonyl (C=O) groups is 1. The van der Waals surface area contributed by atoms with Crippen molar-refractivity contribution in [1.82, 2.24) is 0 Å². The van der Waals surface area contributed by atoms with Crippen LogP contribution >= 0.6 is 0 Å². The number of benzene rings is 3. The molecule has 3 aromatic carbocycles. The van der Waals surface area contributed by atoms with Crippen molar-refractivity contribution in [3.63, 3.8) is 0 Å². The topological polar surface area (TPSA) is 75.3 Å². The Bertz CT molecular complexity index is 1180. The predicted molar refractivity (Wildman–Crippen MR) is 122 cm³/mol. The molecule has 0 saturated carbocycles. The van der Waals surface area contributed by atoms with Crippen LogP contribution in [0.2, 0.25) is 0 Å².